The summed E-state index contributed by atoms with van der Waals surface area (Å²) in [5.74, 6) is 1.82. The standard InChI is InChI=1S/C51H32N4O/c1-4-13-33(14-5-1)34-23-25-36(26-24-34)50-52-49(35-15-6-2-7-16-35)53-51(54-50)38-27-29-42-43-21-12-20-40(48(43)56-47(42)32-38)37-28-30-46-44(31-37)41-19-10-11-22-45(41)55(46)39-17-8-3-9-18-39/h1-32H. The summed E-state index contributed by atoms with van der Waals surface area (Å²) in [6.07, 6.45) is 0. The van der Waals surface area contributed by atoms with Crippen LogP contribution in [0.4, 0.5) is 0 Å². The van der Waals surface area contributed by atoms with E-state index >= 15 is 0 Å². The van der Waals surface area contributed by atoms with Crippen LogP contribution in [0.5, 0.6) is 0 Å². The minimum absolute atomic E-state index is 0.587. The molecule has 0 saturated carbocycles. The number of aromatic nitrogens is 4. The van der Waals surface area contributed by atoms with Crippen molar-refractivity contribution in [2.45, 2.75) is 0 Å². The Bertz CT molecular complexity index is 3220. The first-order chi connectivity index (χ1) is 27.7. The van der Waals surface area contributed by atoms with Crippen LogP contribution in [-0.4, -0.2) is 19.5 Å². The third kappa shape index (κ3) is 5.37. The van der Waals surface area contributed by atoms with Crippen molar-refractivity contribution in [2.75, 3.05) is 0 Å². The van der Waals surface area contributed by atoms with Gasteiger partial charge in [-0.1, -0.05) is 152 Å². The van der Waals surface area contributed by atoms with Crippen molar-refractivity contribution in [2.24, 2.45) is 0 Å². The van der Waals surface area contributed by atoms with E-state index in [1.807, 2.05) is 36.4 Å². The number of hydrogen-bond donors (Lipinski definition) is 0. The molecule has 11 rings (SSSR count). The maximum absolute atomic E-state index is 6.78. The molecule has 5 nitrogen and oxygen atoms in total. The molecule has 0 unspecified atom stereocenters. The lowest BCUT2D eigenvalue weighted by atomic mass is 10.00. The largest absolute Gasteiger partial charge is 0.455 e. The first-order valence-electron chi connectivity index (χ1n) is 18.8. The molecule has 3 aromatic heterocycles. The maximum atomic E-state index is 6.78. The van der Waals surface area contributed by atoms with Crippen molar-refractivity contribution in [3.8, 4) is 62.1 Å². The van der Waals surface area contributed by atoms with Crippen LogP contribution in [0.3, 0.4) is 0 Å². The maximum Gasteiger partial charge on any atom is 0.164 e. The van der Waals surface area contributed by atoms with Crippen LogP contribution in [0.15, 0.2) is 199 Å². The van der Waals surface area contributed by atoms with E-state index in [-0.39, 0.29) is 0 Å². The van der Waals surface area contributed by atoms with Crippen LogP contribution >= 0.6 is 0 Å². The van der Waals surface area contributed by atoms with Gasteiger partial charge in [0.15, 0.2) is 17.5 Å². The highest BCUT2D eigenvalue weighted by atomic mass is 16.3. The molecular weight excluding hydrogens is 685 g/mol. The molecule has 11 aromatic rings. The molecule has 0 aliphatic carbocycles. The Balaban J connectivity index is 1.02. The molecular formula is C51H32N4O. The number of nitrogens with zero attached hydrogens (tertiary/aromatic N) is 4. The van der Waals surface area contributed by atoms with Crippen LogP contribution in [0.25, 0.3) is 106 Å². The van der Waals surface area contributed by atoms with Gasteiger partial charge >= 0.3 is 0 Å². The quantitative estimate of drug-likeness (QED) is 0.172. The van der Waals surface area contributed by atoms with Crippen molar-refractivity contribution in [1.82, 2.24) is 19.5 Å². The smallest absolute Gasteiger partial charge is 0.164 e. The fourth-order valence-corrected chi connectivity index (χ4v) is 7.95. The Morgan fingerprint density at radius 1 is 0.339 bits per heavy atom. The zero-order valence-corrected chi connectivity index (χ0v) is 30.2. The van der Waals surface area contributed by atoms with E-state index in [4.69, 9.17) is 19.4 Å². The van der Waals surface area contributed by atoms with E-state index in [1.165, 1.54) is 27.4 Å². The molecule has 0 fully saturated rings. The molecule has 56 heavy (non-hydrogen) atoms. The van der Waals surface area contributed by atoms with Gasteiger partial charge in [0, 0.05) is 49.5 Å². The normalized spacial score (nSPS) is 11.6. The minimum atomic E-state index is 0.587. The molecule has 0 saturated heterocycles. The van der Waals surface area contributed by atoms with Crippen molar-refractivity contribution >= 4 is 43.7 Å². The van der Waals surface area contributed by atoms with Gasteiger partial charge in [-0.25, -0.2) is 15.0 Å². The predicted octanol–water partition coefficient (Wildman–Crippen LogP) is 13.2. The van der Waals surface area contributed by atoms with Gasteiger partial charge in [0.1, 0.15) is 11.2 Å². The van der Waals surface area contributed by atoms with Crippen molar-refractivity contribution in [3.63, 3.8) is 0 Å². The second-order valence-electron chi connectivity index (χ2n) is 14.0. The van der Waals surface area contributed by atoms with Crippen LogP contribution < -0.4 is 0 Å². The molecule has 0 aliphatic rings. The van der Waals surface area contributed by atoms with Gasteiger partial charge in [-0.2, -0.15) is 0 Å². The number of furan rings is 1. The van der Waals surface area contributed by atoms with Crippen molar-refractivity contribution in [3.05, 3.63) is 194 Å². The van der Waals surface area contributed by atoms with E-state index in [1.54, 1.807) is 0 Å². The van der Waals surface area contributed by atoms with Crippen LogP contribution in [0.1, 0.15) is 0 Å². The van der Waals surface area contributed by atoms with Crippen LogP contribution in [-0.2, 0) is 0 Å². The molecule has 0 N–H and O–H groups in total. The zero-order chi connectivity index (χ0) is 37.0. The van der Waals surface area contributed by atoms with Crippen molar-refractivity contribution in [1.29, 1.82) is 0 Å². The van der Waals surface area contributed by atoms with Gasteiger partial charge in [-0.15, -0.1) is 0 Å². The second kappa shape index (κ2) is 13.0. The average Bonchev–Trinajstić information content (AvgIpc) is 3.82. The molecule has 0 atom stereocenters. The third-order valence-corrected chi connectivity index (χ3v) is 10.7. The Hall–Kier alpha value is -7.63. The first kappa shape index (κ1) is 31.9. The Labute approximate surface area is 322 Å². The van der Waals surface area contributed by atoms with E-state index in [2.05, 4.69) is 162 Å². The molecule has 3 heterocycles. The molecule has 0 amide bonds. The lowest BCUT2D eigenvalue weighted by Crippen LogP contribution is -2.00. The third-order valence-electron chi connectivity index (χ3n) is 10.7. The molecule has 5 heteroatoms. The fourth-order valence-electron chi connectivity index (χ4n) is 7.95. The summed E-state index contributed by atoms with van der Waals surface area (Å²) in [5, 5.41) is 4.53. The molecule has 0 bridgehead atoms. The SMILES string of the molecule is c1ccc(-c2ccc(-c3nc(-c4ccccc4)nc(-c4ccc5c(c4)oc4c(-c6ccc7c(c6)c6ccccc6n7-c6ccccc6)cccc45)n3)cc2)cc1. The zero-order valence-electron chi connectivity index (χ0n) is 30.2. The molecule has 0 spiro atoms. The highest BCUT2D eigenvalue weighted by Gasteiger charge is 2.18. The van der Waals surface area contributed by atoms with Gasteiger partial charge in [-0.3, -0.25) is 0 Å². The first-order valence-corrected chi connectivity index (χ1v) is 18.8. The summed E-state index contributed by atoms with van der Waals surface area (Å²) < 4.78 is 9.12. The monoisotopic (exact) mass is 716 g/mol. The Kier molecular flexibility index (Phi) is 7.42. The van der Waals surface area contributed by atoms with Gasteiger partial charge in [0.25, 0.3) is 0 Å². The van der Waals surface area contributed by atoms with Gasteiger partial charge < -0.3 is 8.98 Å². The van der Waals surface area contributed by atoms with E-state index in [9.17, 15) is 0 Å². The van der Waals surface area contributed by atoms with E-state index < -0.39 is 0 Å². The number of fused-ring (bicyclic) bond motifs is 6. The Morgan fingerprint density at radius 3 is 1.62 bits per heavy atom. The lowest BCUT2D eigenvalue weighted by Gasteiger charge is -2.09. The fraction of sp³-hybridized carbons (Fsp3) is 0. The predicted molar refractivity (Wildman–Crippen MR) is 229 cm³/mol. The Morgan fingerprint density at radius 2 is 0.875 bits per heavy atom. The molecule has 0 radical (unpaired) electrons. The highest BCUT2D eigenvalue weighted by molar-refractivity contribution is 6.13. The van der Waals surface area contributed by atoms with Crippen molar-refractivity contribution < 1.29 is 4.42 Å². The summed E-state index contributed by atoms with van der Waals surface area (Å²) in [4.78, 5) is 15.0. The average molecular weight is 717 g/mol. The summed E-state index contributed by atoms with van der Waals surface area (Å²) in [6, 6.07) is 67.4. The summed E-state index contributed by atoms with van der Waals surface area (Å²) in [7, 11) is 0. The van der Waals surface area contributed by atoms with Crippen LogP contribution in [0.2, 0.25) is 0 Å². The summed E-state index contributed by atoms with van der Waals surface area (Å²) >= 11 is 0. The van der Waals surface area contributed by atoms with Gasteiger partial charge in [-0.05, 0) is 59.2 Å². The molecule has 262 valence electrons. The highest BCUT2D eigenvalue weighted by Crippen LogP contribution is 2.40. The number of para-hydroxylation sites is 3. The summed E-state index contributed by atoms with van der Waals surface area (Å²) in [5.41, 5.74) is 12.3. The van der Waals surface area contributed by atoms with Gasteiger partial charge in [0.2, 0.25) is 0 Å². The number of benzene rings is 8. The van der Waals surface area contributed by atoms with Gasteiger partial charge in [0.05, 0.1) is 11.0 Å². The minimum Gasteiger partial charge on any atom is -0.455 e. The lowest BCUT2D eigenvalue weighted by molar-refractivity contribution is 0.670. The topological polar surface area (TPSA) is 56.7 Å². The summed E-state index contributed by atoms with van der Waals surface area (Å²) in [6.45, 7) is 0. The van der Waals surface area contributed by atoms with E-state index in [0.717, 1.165) is 61.0 Å². The molecule has 8 aromatic carbocycles. The van der Waals surface area contributed by atoms with Crippen LogP contribution in [0, 0.1) is 0 Å². The number of hydrogen-bond acceptors (Lipinski definition) is 4. The second-order valence-corrected chi connectivity index (χ2v) is 14.0. The number of rotatable bonds is 6. The molecule has 0 aliphatic heterocycles. The van der Waals surface area contributed by atoms with E-state index in [0.29, 0.717) is 17.5 Å².